The van der Waals surface area contributed by atoms with Gasteiger partial charge in [0.05, 0.1) is 4.88 Å². The Balaban J connectivity index is 1.51. The molecule has 0 saturated heterocycles. The summed E-state index contributed by atoms with van der Waals surface area (Å²) < 4.78 is 0. The molecule has 4 aromatic rings. The van der Waals surface area contributed by atoms with Gasteiger partial charge < -0.3 is 10.6 Å². The lowest BCUT2D eigenvalue weighted by molar-refractivity contribution is 1.06. The van der Waals surface area contributed by atoms with Gasteiger partial charge in [0.1, 0.15) is 0 Å². The lowest BCUT2D eigenvalue weighted by Gasteiger charge is -2.08. The van der Waals surface area contributed by atoms with E-state index in [0.717, 1.165) is 37.8 Å². The lowest BCUT2D eigenvalue weighted by atomic mass is 10.3. The zero-order valence-electron chi connectivity index (χ0n) is 14.2. The van der Waals surface area contributed by atoms with Gasteiger partial charge in [0.2, 0.25) is 11.1 Å². The van der Waals surface area contributed by atoms with Crippen LogP contribution in [0.3, 0.4) is 0 Å². The van der Waals surface area contributed by atoms with Crippen molar-refractivity contribution in [2.24, 2.45) is 0 Å². The predicted molar refractivity (Wildman–Crippen MR) is 108 cm³/mol. The van der Waals surface area contributed by atoms with Gasteiger partial charge in [-0.05, 0) is 49.6 Å². The number of aromatic nitrogens is 4. The first-order valence-corrected chi connectivity index (χ1v) is 9.69. The minimum Gasteiger partial charge on any atom is -0.330 e. The summed E-state index contributed by atoms with van der Waals surface area (Å²) in [6, 6.07) is 13.9. The molecule has 6 nitrogen and oxygen atoms in total. The van der Waals surface area contributed by atoms with E-state index in [4.69, 9.17) is 0 Å². The summed E-state index contributed by atoms with van der Waals surface area (Å²) in [5.74, 6) is 0.593. The summed E-state index contributed by atoms with van der Waals surface area (Å²) in [6.45, 7) is 3.91. The first-order valence-electron chi connectivity index (χ1n) is 7.99. The van der Waals surface area contributed by atoms with Crippen molar-refractivity contribution >= 4 is 45.1 Å². The average Bonchev–Trinajstić information content (AvgIpc) is 3.25. The molecule has 0 atom stereocenters. The van der Waals surface area contributed by atoms with Crippen LogP contribution in [0.25, 0.3) is 9.88 Å². The number of nitrogens with one attached hydrogen (secondary N) is 2. The fraction of sp³-hybridized carbons (Fsp3) is 0.111. The van der Waals surface area contributed by atoms with E-state index in [9.17, 15) is 0 Å². The van der Waals surface area contributed by atoms with Crippen molar-refractivity contribution in [3.63, 3.8) is 0 Å². The van der Waals surface area contributed by atoms with Gasteiger partial charge in [0, 0.05) is 22.8 Å². The molecule has 0 spiro atoms. The molecule has 0 saturated carbocycles. The maximum absolute atomic E-state index is 4.41. The van der Waals surface area contributed by atoms with Crippen molar-refractivity contribution in [1.82, 2.24) is 20.2 Å². The van der Waals surface area contributed by atoms with Gasteiger partial charge in [0.15, 0.2) is 5.01 Å². The molecule has 130 valence electrons. The second-order valence-electron chi connectivity index (χ2n) is 5.69. The Labute approximate surface area is 159 Å². The number of hydrogen-bond donors (Lipinski definition) is 2. The zero-order chi connectivity index (χ0) is 17.9. The van der Waals surface area contributed by atoms with E-state index < -0.39 is 0 Å². The molecule has 0 aliphatic rings. The van der Waals surface area contributed by atoms with Gasteiger partial charge in [-0.15, -0.1) is 21.5 Å². The third-order valence-electron chi connectivity index (χ3n) is 3.51. The van der Waals surface area contributed by atoms with E-state index in [1.165, 1.54) is 11.3 Å². The van der Waals surface area contributed by atoms with E-state index in [1.807, 2.05) is 61.7 Å². The van der Waals surface area contributed by atoms with Gasteiger partial charge in [-0.25, -0.2) is 9.97 Å². The van der Waals surface area contributed by atoms with Crippen LogP contribution in [0.15, 0.2) is 47.8 Å². The van der Waals surface area contributed by atoms with Crippen molar-refractivity contribution < 1.29 is 0 Å². The number of aryl methyl sites for hydroxylation is 2. The van der Waals surface area contributed by atoms with Crippen molar-refractivity contribution in [2.75, 3.05) is 10.6 Å². The molecule has 0 bridgehead atoms. The monoisotopic (exact) mass is 380 g/mol. The van der Waals surface area contributed by atoms with Crippen LogP contribution >= 0.6 is 22.7 Å². The normalized spacial score (nSPS) is 10.7. The van der Waals surface area contributed by atoms with E-state index in [0.29, 0.717) is 5.95 Å². The molecule has 3 aromatic heterocycles. The van der Waals surface area contributed by atoms with Crippen LogP contribution < -0.4 is 10.6 Å². The summed E-state index contributed by atoms with van der Waals surface area (Å²) in [5.41, 5.74) is 3.70. The van der Waals surface area contributed by atoms with Gasteiger partial charge in [-0.3, -0.25) is 0 Å². The zero-order valence-corrected chi connectivity index (χ0v) is 15.9. The highest BCUT2D eigenvalue weighted by Gasteiger charge is 2.08. The molecule has 0 unspecified atom stereocenters. The number of nitrogens with zero attached hydrogens (tertiary/aromatic N) is 4. The van der Waals surface area contributed by atoms with Gasteiger partial charge in [-0.1, -0.05) is 23.5 Å². The smallest absolute Gasteiger partial charge is 0.227 e. The quantitative estimate of drug-likeness (QED) is 0.498. The summed E-state index contributed by atoms with van der Waals surface area (Å²) in [4.78, 5) is 9.95. The first-order chi connectivity index (χ1) is 12.7. The number of thiophene rings is 1. The predicted octanol–water partition coefficient (Wildman–Crippen LogP) is 5.16. The standard InChI is InChI=1S/C18H16N6S2/c1-11-9-12(2)20-17(19-11)21-13-5-3-6-14(10-13)22-18-24-23-16(26-18)15-7-4-8-25-15/h3-10H,1-2H3,(H,22,24)(H,19,20,21). The summed E-state index contributed by atoms with van der Waals surface area (Å²) in [7, 11) is 0. The highest BCUT2D eigenvalue weighted by molar-refractivity contribution is 7.22. The molecule has 0 amide bonds. The first kappa shape index (κ1) is 16.6. The fourth-order valence-corrected chi connectivity index (χ4v) is 4.04. The Morgan fingerprint density at radius 2 is 1.62 bits per heavy atom. The Bertz CT molecular complexity index is 1010. The van der Waals surface area contributed by atoms with Crippen LogP contribution in [0, 0.1) is 13.8 Å². The van der Waals surface area contributed by atoms with Gasteiger partial charge in [0.25, 0.3) is 0 Å². The van der Waals surface area contributed by atoms with E-state index >= 15 is 0 Å². The summed E-state index contributed by atoms with van der Waals surface area (Å²) in [5, 5.41) is 18.7. The third kappa shape index (κ3) is 3.87. The Kier molecular flexibility index (Phi) is 4.59. The molecule has 0 radical (unpaired) electrons. The molecule has 26 heavy (non-hydrogen) atoms. The molecule has 3 heterocycles. The Morgan fingerprint density at radius 1 is 0.846 bits per heavy atom. The third-order valence-corrected chi connectivity index (χ3v) is 5.39. The molecule has 2 N–H and O–H groups in total. The Morgan fingerprint density at radius 3 is 2.35 bits per heavy atom. The summed E-state index contributed by atoms with van der Waals surface area (Å²) in [6.07, 6.45) is 0. The number of benzene rings is 1. The summed E-state index contributed by atoms with van der Waals surface area (Å²) >= 11 is 3.19. The minimum atomic E-state index is 0.593. The Hall–Kier alpha value is -2.84. The van der Waals surface area contributed by atoms with Crippen LogP contribution in [0.4, 0.5) is 22.5 Å². The highest BCUT2D eigenvalue weighted by Crippen LogP contribution is 2.31. The number of rotatable bonds is 5. The number of anilines is 4. The SMILES string of the molecule is Cc1cc(C)nc(Nc2cccc(Nc3nnc(-c4cccs4)s3)c2)n1. The van der Waals surface area contributed by atoms with Crippen molar-refractivity contribution in [1.29, 1.82) is 0 Å². The van der Waals surface area contributed by atoms with Crippen LogP contribution in [-0.2, 0) is 0 Å². The van der Waals surface area contributed by atoms with Crippen molar-refractivity contribution in [3.8, 4) is 9.88 Å². The van der Waals surface area contributed by atoms with Crippen molar-refractivity contribution in [3.05, 3.63) is 59.2 Å². The van der Waals surface area contributed by atoms with Crippen molar-refractivity contribution in [2.45, 2.75) is 13.8 Å². The van der Waals surface area contributed by atoms with Gasteiger partial charge >= 0.3 is 0 Å². The molecule has 4 rings (SSSR count). The molecule has 1 aromatic carbocycles. The largest absolute Gasteiger partial charge is 0.330 e. The molecule has 8 heteroatoms. The second kappa shape index (κ2) is 7.19. The maximum atomic E-state index is 4.41. The lowest BCUT2D eigenvalue weighted by Crippen LogP contribution is -2.00. The van der Waals surface area contributed by atoms with E-state index in [-0.39, 0.29) is 0 Å². The second-order valence-corrected chi connectivity index (χ2v) is 7.62. The molecule has 0 aliphatic carbocycles. The fourth-order valence-electron chi connectivity index (χ4n) is 2.48. The van der Waals surface area contributed by atoms with Crippen LogP contribution in [-0.4, -0.2) is 20.2 Å². The maximum Gasteiger partial charge on any atom is 0.227 e. The highest BCUT2D eigenvalue weighted by atomic mass is 32.1. The average molecular weight is 381 g/mol. The minimum absolute atomic E-state index is 0.593. The number of hydrogen-bond acceptors (Lipinski definition) is 8. The molecular formula is C18H16N6S2. The molecule has 0 fully saturated rings. The van der Waals surface area contributed by atoms with Gasteiger partial charge in [-0.2, -0.15) is 0 Å². The topological polar surface area (TPSA) is 75.6 Å². The van der Waals surface area contributed by atoms with Crippen LogP contribution in [0.5, 0.6) is 0 Å². The van der Waals surface area contributed by atoms with E-state index in [2.05, 4.69) is 30.8 Å². The van der Waals surface area contributed by atoms with E-state index in [1.54, 1.807) is 11.3 Å². The molecule has 0 aliphatic heterocycles. The molecular weight excluding hydrogens is 364 g/mol. The van der Waals surface area contributed by atoms with Crippen LogP contribution in [0.2, 0.25) is 0 Å². The van der Waals surface area contributed by atoms with Crippen LogP contribution in [0.1, 0.15) is 11.4 Å².